The summed E-state index contributed by atoms with van der Waals surface area (Å²) in [4.78, 5) is 6.70. The van der Waals surface area contributed by atoms with Crippen LogP contribution in [-0.4, -0.2) is 4.98 Å². The third-order valence-corrected chi connectivity index (χ3v) is 4.07. The zero-order valence-electron chi connectivity index (χ0n) is 9.61. The minimum atomic E-state index is 0.820. The van der Waals surface area contributed by atoms with Gasteiger partial charge in [-0.1, -0.05) is 41.9 Å². The Morgan fingerprint density at radius 2 is 1.83 bits per heavy atom. The Bertz CT molecular complexity index is 645. The summed E-state index contributed by atoms with van der Waals surface area (Å²) >= 11 is 7.85. The van der Waals surface area contributed by atoms with Gasteiger partial charge in [0.25, 0.3) is 0 Å². The van der Waals surface area contributed by atoms with Crippen LogP contribution < -0.4 is 4.98 Å². The number of H-pyrrole nitrogens is 2. The second kappa shape index (κ2) is 5.04. The molecule has 3 rings (SSSR count). The quantitative estimate of drug-likeness (QED) is 0.721. The number of imidazole rings is 1. The van der Waals surface area contributed by atoms with Crippen molar-refractivity contribution in [2.75, 3.05) is 0 Å². The van der Waals surface area contributed by atoms with Gasteiger partial charge >= 0.3 is 5.16 Å². The summed E-state index contributed by atoms with van der Waals surface area (Å²) < 4.78 is 0. The molecule has 0 saturated carbocycles. The van der Waals surface area contributed by atoms with Gasteiger partial charge in [-0.05, 0) is 35.5 Å². The highest BCUT2D eigenvalue weighted by Crippen LogP contribution is 2.24. The van der Waals surface area contributed by atoms with Gasteiger partial charge in [-0.25, -0.2) is 9.97 Å². The smallest absolute Gasteiger partial charge is 0.231 e. The van der Waals surface area contributed by atoms with Crippen LogP contribution in [0.1, 0.15) is 5.56 Å². The molecule has 4 heteroatoms. The molecule has 0 unspecified atom stereocenters. The molecule has 18 heavy (non-hydrogen) atoms. The average molecular weight is 276 g/mol. The van der Waals surface area contributed by atoms with Gasteiger partial charge in [-0.15, -0.1) is 0 Å². The lowest BCUT2D eigenvalue weighted by molar-refractivity contribution is -0.396. The topological polar surface area (TPSA) is 29.9 Å². The van der Waals surface area contributed by atoms with Crippen LogP contribution in [0.15, 0.2) is 53.7 Å². The molecular formula is C14H12ClN2S+. The van der Waals surface area contributed by atoms with E-state index >= 15 is 0 Å². The van der Waals surface area contributed by atoms with Gasteiger partial charge in [-0.2, -0.15) is 0 Å². The second-order valence-electron chi connectivity index (χ2n) is 4.00. The van der Waals surface area contributed by atoms with Crippen molar-refractivity contribution in [1.29, 1.82) is 0 Å². The highest BCUT2D eigenvalue weighted by Gasteiger charge is 2.10. The van der Waals surface area contributed by atoms with Crippen molar-refractivity contribution in [3.63, 3.8) is 0 Å². The van der Waals surface area contributed by atoms with Crippen molar-refractivity contribution >= 4 is 34.4 Å². The van der Waals surface area contributed by atoms with Crippen molar-refractivity contribution in [3.8, 4) is 0 Å². The van der Waals surface area contributed by atoms with Crippen LogP contribution in [0.2, 0.25) is 5.02 Å². The van der Waals surface area contributed by atoms with Gasteiger partial charge in [0.05, 0.1) is 0 Å². The summed E-state index contributed by atoms with van der Waals surface area (Å²) in [7, 11) is 0. The van der Waals surface area contributed by atoms with Crippen LogP contribution in [0.25, 0.3) is 11.0 Å². The van der Waals surface area contributed by atoms with E-state index < -0.39 is 0 Å². The fraction of sp³-hybridized carbons (Fsp3) is 0.0714. The van der Waals surface area contributed by atoms with Crippen LogP contribution in [0, 0.1) is 0 Å². The molecule has 2 aromatic carbocycles. The first-order valence-corrected chi connectivity index (χ1v) is 7.05. The van der Waals surface area contributed by atoms with E-state index in [1.54, 1.807) is 11.8 Å². The second-order valence-corrected chi connectivity index (χ2v) is 5.40. The predicted octanol–water partition coefficient (Wildman–Crippen LogP) is 3.93. The molecule has 0 aliphatic heterocycles. The monoisotopic (exact) mass is 275 g/mol. The number of halogens is 1. The lowest BCUT2D eigenvalue weighted by Gasteiger charge is -1.99. The Kier molecular flexibility index (Phi) is 3.26. The molecular weight excluding hydrogens is 264 g/mol. The zero-order chi connectivity index (χ0) is 12.4. The lowest BCUT2D eigenvalue weighted by Crippen LogP contribution is -2.01. The van der Waals surface area contributed by atoms with Crippen LogP contribution >= 0.6 is 23.4 Å². The Hall–Kier alpha value is -1.45. The molecule has 0 aliphatic carbocycles. The van der Waals surface area contributed by atoms with E-state index in [1.807, 2.05) is 30.3 Å². The molecule has 2 N–H and O–H groups in total. The SMILES string of the molecule is Clc1ccccc1CSc1[nH]c2ccccc2[nH+]1. The molecule has 90 valence electrons. The average Bonchev–Trinajstić information content (AvgIpc) is 2.80. The number of benzene rings is 2. The Labute approximate surface area is 114 Å². The summed E-state index contributed by atoms with van der Waals surface area (Å²) in [5.41, 5.74) is 3.40. The van der Waals surface area contributed by atoms with Crippen LogP contribution in [0.4, 0.5) is 0 Å². The minimum absolute atomic E-state index is 0.820. The summed E-state index contributed by atoms with van der Waals surface area (Å²) in [6.45, 7) is 0. The van der Waals surface area contributed by atoms with E-state index in [4.69, 9.17) is 11.6 Å². The van der Waals surface area contributed by atoms with Gasteiger partial charge in [0.1, 0.15) is 0 Å². The predicted molar refractivity (Wildman–Crippen MR) is 75.9 cm³/mol. The van der Waals surface area contributed by atoms with E-state index in [1.165, 1.54) is 0 Å². The largest absolute Gasteiger partial charge is 0.314 e. The molecule has 0 saturated heterocycles. The first kappa shape index (κ1) is 11.6. The van der Waals surface area contributed by atoms with Crippen molar-refractivity contribution in [1.82, 2.24) is 4.98 Å². The zero-order valence-corrected chi connectivity index (χ0v) is 11.2. The number of hydrogen-bond acceptors (Lipinski definition) is 1. The maximum atomic E-state index is 6.14. The Balaban J connectivity index is 1.79. The van der Waals surface area contributed by atoms with Crippen LogP contribution in [-0.2, 0) is 5.75 Å². The van der Waals surface area contributed by atoms with Crippen LogP contribution in [0.5, 0.6) is 0 Å². The molecule has 0 bridgehead atoms. The molecule has 2 nitrogen and oxygen atoms in total. The standard InChI is InChI=1S/C14H11ClN2S/c15-11-6-2-1-5-10(11)9-18-14-16-12-7-3-4-8-13(12)17-14/h1-8H,9H2,(H,16,17)/p+1. The van der Waals surface area contributed by atoms with Gasteiger partial charge in [0.15, 0.2) is 11.0 Å². The fourth-order valence-corrected chi connectivity index (χ4v) is 3.01. The van der Waals surface area contributed by atoms with Crippen molar-refractivity contribution in [2.45, 2.75) is 10.9 Å². The lowest BCUT2D eigenvalue weighted by atomic mass is 10.2. The Morgan fingerprint density at radius 1 is 1.06 bits per heavy atom. The number of aromatic nitrogens is 2. The summed E-state index contributed by atoms with van der Waals surface area (Å²) in [5, 5.41) is 1.87. The number of thioether (sulfide) groups is 1. The summed E-state index contributed by atoms with van der Waals surface area (Å²) in [5.74, 6) is 0.850. The van der Waals surface area contributed by atoms with Gasteiger partial charge < -0.3 is 0 Å². The van der Waals surface area contributed by atoms with Crippen LogP contribution in [0.3, 0.4) is 0 Å². The van der Waals surface area contributed by atoms with E-state index in [0.29, 0.717) is 0 Å². The molecule has 0 radical (unpaired) electrons. The van der Waals surface area contributed by atoms with E-state index in [-0.39, 0.29) is 0 Å². The summed E-state index contributed by atoms with van der Waals surface area (Å²) in [6.07, 6.45) is 0. The molecule has 0 amide bonds. The molecule has 1 heterocycles. The minimum Gasteiger partial charge on any atom is -0.231 e. The number of rotatable bonds is 3. The first-order chi connectivity index (χ1) is 8.83. The maximum Gasteiger partial charge on any atom is 0.314 e. The normalized spacial score (nSPS) is 10.9. The highest BCUT2D eigenvalue weighted by atomic mass is 35.5. The first-order valence-electron chi connectivity index (χ1n) is 5.69. The van der Waals surface area contributed by atoms with Gasteiger partial charge in [0.2, 0.25) is 0 Å². The number of aromatic amines is 2. The molecule has 0 aliphatic rings. The fourth-order valence-electron chi connectivity index (χ4n) is 1.81. The highest BCUT2D eigenvalue weighted by molar-refractivity contribution is 7.98. The third-order valence-electron chi connectivity index (χ3n) is 2.75. The third kappa shape index (κ3) is 2.37. The number of fused-ring (bicyclic) bond motifs is 1. The Morgan fingerprint density at radius 3 is 2.67 bits per heavy atom. The number of hydrogen-bond donors (Lipinski definition) is 1. The maximum absolute atomic E-state index is 6.14. The number of nitrogens with one attached hydrogen (secondary N) is 2. The van der Waals surface area contributed by atoms with Crippen molar-refractivity contribution < 1.29 is 4.98 Å². The molecule has 3 aromatic rings. The molecule has 1 aromatic heterocycles. The van der Waals surface area contributed by atoms with Crippen molar-refractivity contribution in [3.05, 3.63) is 59.1 Å². The molecule has 0 atom stereocenters. The number of para-hydroxylation sites is 2. The van der Waals surface area contributed by atoms with E-state index in [0.717, 1.165) is 32.5 Å². The van der Waals surface area contributed by atoms with Crippen molar-refractivity contribution in [2.24, 2.45) is 0 Å². The van der Waals surface area contributed by atoms with E-state index in [2.05, 4.69) is 28.2 Å². The molecule has 0 fully saturated rings. The summed E-state index contributed by atoms with van der Waals surface area (Å²) in [6, 6.07) is 16.1. The molecule has 0 spiro atoms. The van der Waals surface area contributed by atoms with E-state index in [9.17, 15) is 0 Å². The van der Waals surface area contributed by atoms with Gasteiger partial charge in [0, 0.05) is 10.8 Å². The van der Waals surface area contributed by atoms with Gasteiger partial charge in [-0.3, -0.25) is 0 Å².